The standard InChI is InChI=1S/C18H16N2.C14H14O2/c1-11-9-19-17-13(11)5-3-7-15(17)16-8-4-6-14-12(2)10-20-18(14)16;1-9-3-5-13(15)11(7-9)12-8-10(2)4-6-14(12)16/h3-10,19-20H,1-2H3;3-8,15-16H,1-2H3. The molecular formula is C32H30N2O2. The quantitative estimate of drug-likeness (QED) is 0.204. The Kier molecular flexibility index (Phi) is 6.03. The van der Waals surface area contributed by atoms with Gasteiger partial charge in [-0.2, -0.15) is 0 Å². The maximum Gasteiger partial charge on any atom is 0.123 e. The van der Waals surface area contributed by atoms with Gasteiger partial charge in [0.05, 0.1) is 11.0 Å². The highest BCUT2D eigenvalue weighted by molar-refractivity contribution is 6.04. The number of hydrogen-bond donors (Lipinski definition) is 4. The first-order valence-corrected chi connectivity index (χ1v) is 12.1. The minimum atomic E-state index is 0.187. The van der Waals surface area contributed by atoms with E-state index in [2.05, 4.69) is 72.6 Å². The first kappa shape index (κ1) is 23.3. The van der Waals surface area contributed by atoms with Crippen molar-refractivity contribution in [2.24, 2.45) is 0 Å². The van der Waals surface area contributed by atoms with Crippen molar-refractivity contribution < 1.29 is 10.2 Å². The summed E-state index contributed by atoms with van der Waals surface area (Å²) >= 11 is 0. The average Bonchev–Trinajstić information content (AvgIpc) is 3.45. The van der Waals surface area contributed by atoms with Crippen LogP contribution in [-0.4, -0.2) is 20.2 Å². The van der Waals surface area contributed by atoms with Gasteiger partial charge in [-0.3, -0.25) is 0 Å². The van der Waals surface area contributed by atoms with Crippen molar-refractivity contribution in [1.82, 2.24) is 9.97 Å². The predicted molar refractivity (Wildman–Crippen MR) is 150 cm³/mol. The Labute approximate surface area is 210 Å². The number of benzene rings is 4. The van der Waals surface area contributed by atoms with Gasteiger partial charge in [0.1, 0.15) is 11.5 Å². The van der Waals surface area contributed by atoms with E-state index in [1.165, 1.54) is 44.1 Å². The number of phenolic OH excluding ortho intramolecular Hbond substituents is 2. The number of aryl methyl sites for hydroxylation is 4. The minimum Gasteiger partial charge on any atom is -0.507 e. The number of hydrogen-bond acceptors (Lipinski definition) is 2. The van der Waals surface area contributed by atoms with Gasteiger partial charge in [0.2, 0.25) is 0 Å². The van der Waals surface area contributed by atoms with Gasteiger partial charge in [-0.25, -0.2) is 0 Å². The van der Waals surface area contributed by atoms with Crippen LogP contribution in [0.2, 0.25) is 0 Å². The number of aromatic hydroxyl groups is 2. The van der Waals surface area contributed by atoms with E-state index >= 15 is 0 Å². The van der Waals surface area contributed by atoms with Crippen molar-refractivity contribution in [3.8, 4) is 33.8 Å². The van der Waals surface area contributed by atoms with Crippen molar-refractivity contribution in [1.29, 1.82) is 0 Å². The maximum absolute atomic E-state index is 9.79. The molecule has 4 nitrogen and oxygen atoms in total. The van der Waals surface area contributed by atoms with E-state index in [-0.39, 0.29) is 11.5 Å². The molecule has 0 amide bonds. The Morgan fingerprint density at radius 3 is 1.33 bits per heavy atom. The number of nitrogens with one attached hydrogen (secondary N) is 2. The molecule has 0 bridgehead atoms. The van der Waals surface area contributed by atoms with Crippen molar-refractivity contribution in [3.05, 3.63) is 107 Å². The molecule has 0 unspecified atom stereocenters. The van der Waals surface area contributed by atoms with E-state index in [1.54, 1.807) is 12.1 Å². The fourth-order valence-electron chi connectivity index (χ4n) is 4.77. The molecular weight excluding hydrogens is 444 g/mol. The van der Waals surface area contributed by atoms with E-state index in [4.69, 9.17) is 0 Å². The van der Waals surface area contributed by atoms with Gasteiger partial charge >= 0.3 is 0 Å². The molecule has 6 rings (SSSR count). The largest absolute Gasteiger partial charge is 0.507 e. The number of phenols is 2. The monoisotopic (exact) mass is 474 g/mol. The first-order chi connectivity index (χ1) is 17.3. The average molecular weight is 475 g/mol. The number of aromatic amines is 2. The Morgan fingerprint density at radius 1 is 0.500 bits per heavy atom. The van der Waals surface area contributed by atoms with E-state index in [0.717, 1.165) is 11.1 Å². The smallest absolute Gasteiger partial charge is 0.123 e. The van der Waals surface area contributed by atoms with Crippen LogP contribution in [0.15, 0.2) is 85.2 Å². The number of rotatable bonds is 2. The van der Waals surface area contributed by atoms with Crippen molar-refractivity contribution in [3.63, 3.8) is 0 Å². The zero-order valence-electron chi connectivity index (χ0n) is 21.0. The van der Waals surface area contributed by atoms with Crippen LogP contribution in [0.4, 0.5) is 0 Å². The summed E-state index contributed by atoms with van der Waals surface area (Å²) in [5.74, 6) is 0.373. The summed E-state index contributed by atoms with van der Waals surface area (Å²) in [4.78, 5) is 6.83. The Balaban J connectivity index is 0.000000152. The fraction of sp³-hybridized carbons (Fsp3) is 0.125. The highest BCUT2D eigenvalue weighted by Crippen LogP contribution is 2.36. The molecule has 2 heterocycles. The Bertz CT molecular complexity index is 1580. The van der Waals surface area contributed by atoms with Gasteiger partial charge in [0, 0.05) is 45.4 Å². The lowest BCUT2D eigenvalue weighted by Gasteiger charge is -2.09. The van der Waals surface area contributed by atoms with Crippen LogP contribution in [-0.2, 0) is 0 Å². The number of H-pyrrole nitrogens is 2. The van der Waals surface area contributed by atoms with Crippen LogP contribution >= 0.6 is 0 Å². The highest BCUT2D eigenvalue weighted by atomic mass is 16.3. The molecule has 36 heavy (non-hydrogen) atoms. The fourth-order valence-corrected chi connectivity index (χ4v) is 4.77. The van der Waals surface area contributed by atoms with E-state index in [0.29, 0.717) is 11.1 Å². The molecule has 2 aromatic heterocycles. The van der Waals surface area contributed by atoms with Gasteiger partial charge in [-0.1, -0.05) is 59.7 Å². The molecule has 6 aromatic rings. The lowest BCUT2D eigenvalue weighted by Crippen LogP contribution is -1.83. The van der Waals surface area contributed by atoms with E-state index in [1.807, 2.05) is 38.1 Å². The molecule has 0 saturated heterocycles. The summed E-state index contributed by atoms with van der Waals surface area (Å²) in [6, 6.07) is 23.7. The molecule has 0 aliphatic carbocycles. The lowest BCUT2D eigenvalue weighted by molar-refractivity contribution is 0.469. The maximum atomic E-state index is 9.79. The lowest BCUT2D eigenvalue weighted by atomic mass is 9.99. The zero-order chi connectivity index (χ0) is 25.4. The number of fused-ring (bicyclic) bond motifs is 2. The molecule has 4 aromatic carbocycles. The summed E-state index contributed by atoms with van der Waals surface area (Å²) in [5.41, 5.74) is 10.9. The third-order valence-corrected chi connectivity index (χ3v) is 6.73. The van der Waals surface area contributed by atoms with Crippen LogP contribution in [0.5, 0.6) is 11.5 Å². The molecule has 4 heteroatoms. The summed E-state index contributed by atoms with van der Waals surface area (Å²) in [6.07, 6.45) is 4.16. The van der Waals surface area contributed by atoms with Gasteiger partial charge < -0.3 is 20.2 Å². The second kappa shape index (κ2) is 9.31. The molecule has 0 atom stereocenters. The normalized spacial score (nSPS) is 11.0. The molecule has 180 valence electrons. The van der Waals surface area contributed by atoms with Crippen molar-refractivity contribution >= 4 is 21.8 Å². The molecule has 0 aliphatic rings. The molecule has 0 spiro atoms. The molecule has 0 saturated carbocycles. The zero-order valence-corrected chi connectivity index (χ0v) is 21.0. The number of para-hydroxylation sites is 2. The van der Waals surface area contributed by atoms with Crippen LogP contribution < -0.4 is 0 Å². The van der Waals surface area contributed by atoms with Crippen LogP contribution in [0.3, 0.4) is 0 Å². The topological polar surface area (TPSA) is 72.0 Å². The molecule has 0 fully saturated rings. The first-order valence-electron chi connectivity index (χ1n) is 12.1. The van der Waals surface area contributed by atoms with Crippen molar-refractivity contribution in [2.75, 3.05) is 0 Å². The Hall–Kier alpha value is -4.44. The van der Waals surface area contributed by atoms with E-state index < -0.39 is 0 Å². The van der Waals surface area contributed by atoms with Gasteiger partial charge in [0.25, 0.3) is 0 Å². The number of aromatic nitrogens is 2. The second-order valence-corrected chi connectivity index (χ2v) is 9.44. The Morgan fingerprint density at radius 2 is 0.917 bits per heavy atom. The van der Waals surface area contributed by atoms with Crippen LogP contribution in [0.25, 0.3) is 44.1 Å². The predicted octanol–water partition coefficient (Wildman–Crippen LogP) is 8.31. The molecule has 0 radical (unpaired) electrons. The minimum absolute atomic E-state index is 0.187. The summed E-state index contributed by atoms with van der Waals surface area (Å²) < 4.78 is 0. The summed E-state index contributed by atoms with van der Waals surface area (Å²) in [5, 5.41) is 22.2. The second-order valence-electron chi connectivity index (χ2n) is 9.44. The molecule has 0 aliphatic heterocycles. The van der Waals surface area contributed by atoms with Gasteiger partial charge in [-0.05, 0) is 63.1 Å². The molecule has 4 N–H and O–H groups in total. The third-order valence-electron chi connectivity index (χ3n) is 6.73. The highest BCUT2D eigenvalue weighted by Gasteiger charge is 2.12. The third kappa shape index (κ3) is 4.22. The van der Waals surface area contributed by atoms with Crippen LogP contribution in [0, 0.1) is 27.7 Å². The van der Waals surface area contributed by atoms with E-state index in [9.17, 15) is 10.2 Å². The van der Waals surface area contributed by atoms with Crippen LogP contribution in [0.1, 0.15) is 22.3 Å². The summed E-state index contributed by atoms with van der Waals surface area (Å²) in [7, 11) is 0. The van der Waals surface area contributed by atoms with Crippen molar-refractivity contribution in [2.45, 2.75) is 27.7 Å². The summed E-state index contributed by atoms with van der Waals surface area (Å²) in [6.45, 7) is 8.19. The SMILES string of the molecule is Cc1c[nH]c2c(-c3cccc4c(C)c[nH]c34)cccc12.Cc1ccc(O)c(-c2cc(C)ccc2O)c1. The van der Waals surface area contributed by atoms with Gasteiger partial charge in [-0.15, -0.1) is 0 Å². The van der Waals surface area contributed by atoms with Gasteiger partial charge in [0.15, 0.2) is 0 Å².